The number of nitrogens with zero attached hydrogens (tertiary/aromatic N) is 10. The second kappa shape index (κ2) is 8.82. The highest BCUT2D eigenvalue weighted by molar-refractivity contribution is 8.87. The molecule has 4 heterocycles. The second-order valence-corrected chi connectivity index (χ2v) is 12.7. The molecule has 0 aromatic heterocycles. The van der Waals surface area contributed by atoms with Crippen molar-refractivity contribution in [1.82, 2.24) is 40.7 Å². The van der Waals surface area contributed by atoms with Gasteiger partial charge in [0.25, 0.3) is 0 Å². The average molecular weight is 543 g/mol. The normalized spacial score (nSPS) is 28.4. The molecule has 4 atom stereocenters. The van der Waals surface area contributed by atoms with Crippen LogP contribution >= 0.6 is 21.6 Å². The maximum absolute atomic E-state index is 12.9. The summed E-state index contributed by atoms with van der Waals surface area (Å²) in [5, 5.41) is 8.91. The predicted molar refractivity (Wildman–Crippen MR) is 136 cm³/mol. The van der Waals surface area contributed by atoms with E-state index in [1.807, 2.05) is 41.5 Å². The van der Waals surface area contributed by atoms with Gasteiger partial charge in [0, 0.05) is 25.2 Å². The molecule has 0 aromatic rings. The fraction of sp³-hybridized carbons (Fsp3) is 0.778. The third-order valence-corrected chi connectivity index (χ3v) is 8.10. The molecular formula is C18H30N12O4S2. The van der Waals surface area contributed by atoms with Crippen LogP contribution in [0.15, 0.2) is 20.6 Å². The van der Waals surface area contributed by atoms with E-state index in [9.17, 15) is 19.4 Å². The van der Waals surface area contributed by atoms with Gasteiger partial charge in [-0.3, -0.25) is 20.7 Å². The Hall–Kier alpha value is -3.02. The van der Waals surface area contributed by atoms with E-state index in [1.54, 1.807) is 23.9 Å². The minimum absolute atomic E-state index is 0.273. The Balaban J connectivity index is 1.55. The lowest BCUT2D eigenvalue weighted by Crippen LogP contribution is -2.61. The molecule has 16 nitrogen and oxygen atoms in total. The molecule has 0 spiro atoms. The number of hydrazine groups is 2. The van der Waals surface area contributed by atoms with Crippen molar-refractivity contribution in [1.29, 1.82) is 0 Å². The van der Waals surface area contributed by atoms with Crippen molar-refractivity contribution < 1.29 is 9.59 Å². The smallest absolute Gasteiger partial charge is 0.301 e. The van der Waals surface area contributed by atoms with Crippen molar-refractivity contribution >= 4 is 44.0 Å². The Morgan fingerprint density at radius 2 is 1.06 bits per heavy atom. The van der Waals surface area contributed by atoms with Crippen molar-refractivity contribution in [3.63, 3.8) is 0 Å². The van der Waals surface area contributed by atoms with Crippen molar-refractivity contribution in [2.75, 3.05) is 14.1 Å². The lowest BCUT2D eigenvalue weighted by Gasteiger charge is -2.41. The average Bonchev–Trinajstić information content (AvgIpc) is 3.21. The summed E-state index contributed by atoms with van der Waals surface area (Å²) in [6, 6.07) is -0.546. The summed E-state index contributed by atoms with van der Waals surface area (Å²) in [4.78, 5) is 64.4. The molecule has 36 heavy (non-hydrogen) atoms. The van der Waals surface area contributed by atoms with Gasteiger partial charge in [0.05, 0.1) is 10.6 Å². The number of fused-ring (bicyclic) bond motifs is 2. The Bertz CT molecular complexity index is 947. The van der Waals surface area contributed by atoms with Gasteiger partial charge in [0.2, 0.25) is 0 Å². The lowest BCUT2D eigenvalue weighted by molar-refractivity contribution is 0.00389. The fourth-order valence-corrected chi connectivity index (χ4v) is 6.20. The Morgan fingerprint density at radius 1 is 0.722 bits per heavy atom. The van der Waals surface area contributed by atoms with Crippen LogP contribution in [0.3, 0.4) is 0 Å². The Kier molecular flexibility index (Phi) is 6.39. The third kappa shape index (κ3) is 4.14. The van der Waals surface area contributed by atoms with Gasteiger partial charge in [-0.15, -0.1) is 20.0 Å². The molecule has 0 bridgehead atoms. The zero-order chi connectivity index (χ0) is 26.7. The molecule has 4 amide bonds. The highest BCUT2D eigenvalue weighted by atomic mass is 33.1. The lowest BCUT2D eigenvalue weighted by atomic mass is 10.1. The van der Waals surface area contributed by atoms with Crippen LogP contribution in [-0.2, 0) is 0 Å². The molecule has 2 N–H and O–H groups in total. The maximum atomic E-state index is 12.9. The van der Waals surface area contributed by atoms with Gasteiger partial charge in [-0.25, -0.2) is 19.6 Å². The number of nitroso groups, excluding NO2 is 2. The first kappa shape index (κ1) is 26.1. The van der Waals surface area contributed by atoms with E-state index in [-0.39, 0.29) is 12.1 Å². The molecule has 4 unspecified atom stereocenters. The van der Waals surface area contributed by atoms with E-state index >= 15 is 0 Å². The summed E-state index contributed by atoms with van der Waals surface area (Å²) in [5.41, 5.74) is 4.54. The minimum Gasteiger partial charge on any atom is -0.301 e. The van der Waals surface area contributed by atoms with Crippen LogP contribution in [0.5, 0.6) is 0 Å². The summed E-state index contributed by atoms with van der Waals surface area (Å²) in [5.74, 6) is 0. The highest BCUT2D eigenvalue weighted by Gasteiger charge is 2.55. The number of amides is 4. The van der Waals surface area contributed by atoms with Crippen molar-refractivity contribution in [2.45, 2.75) is 77.3 Å². The number of nitrogens with one attached hydrogen (secondary N) is 2. The summed E-state index contributed by atoms with van der Waals surface area (Å²) >= 11 is 0. The van der Waals surface area contributed by atoms with Gasteiger partial charge >= 0.3 is 12.1 Å². The molecule has 4 aliphatic heterocycles. The molecule has 18 heteroatoms. The minimum atomic E-state index is -0.725. The summed E-state index contributed by atoms with van der Waals surface area (Å²) in [7, 11) is 5.47. The van der Waals surface area contributed by atoms with Crippen LogP contribution in [0.4, 0.5) is 9.59 Å². The number of likely N-dealkylation sites (N-methyl/N-ethyl adjacent to an activating group) is 2. The number of urea groups is 2. The number of amidine groups is 2. The van der Waals surface area contributed by atoms with Gasteiger partial charge in [0.1, 0.15) is 0 Å². The number of carbonyl (C=O) groups is 2. The van der Waals surface area contributed by atoms with Crippen LogP contribution in [-0.4, -0.2) is 102 Å². The van der Waals surface area contributed by atoms with E-state index in [4.69, 9.17) is 0 Å². The maximum Gasteiger partial charge on any atom is 0.323 e. The molecule has 0 radical (unpaired) electrons. The molecule has 2 fully saturated rings. The van der Waals surface area contributed by atoms with Crippen molar-refractivity contribution in [2.24, 2.45) is 20.6 Å². The highest BCUT2D eigenvalue weighted by Crippen LogP contribution is 2.38. The second-order valence-electron chi connectivity index (χ2n) is 10.6. The topological polar surface area (TPSA) is 161 Å². The summed E-state index contributed by atoms with van der Waals surface area (Å²) in [6.07, 6.45) is -2.79. The van der Waals surface area contributed by atoms with Crippen LogP contribution in [0.1, 0.15) is 41.5 Å². The van der Waals surface area contributed by atoms with Crippen molar-refractivity contribution in [3.05, 3.63) is 9.81 Å². The zero-order valence-corrected chi connectivity index (χ0v) is 22.9. The standard InChI is InChI=1S/C18H30N12O4S2/c1-17(2,3)27-11-9(25(7)15(27)31)19-13(21-29(11)23-33)35-36-14-20-10-12(30(22-14)24-34)28(18(4,5)6)16(32)26(10)8/h9-12H,1-8H3,(H,19,21)(H,20,22). The van der Waals surface area contributed by atoms with E-state index < -0.39 is 35.7 Å². The van der Waals surface area contributed by atoms with Gasteiger partial charge in [-0.2, -0.15) is 0 Å². The Labute approximate surface area is 216 Å². The molecule has 0 saturated carbocycles. The number of hydrogen-bond acceptors (Lipinski definition) is 12. The molecule has 4 aliphatic rings. The summed E-state index contributed by atoms with van der Waals surface area (Å²) < 4.78 is 0. The number of aliphatic imine (C=N–C) groups is 2. The molecule has 0 aromatic carbocycles. The third-order valence-electron chi connectivity index (χ3n) is 6.11. The molecule has 198 valence electrons. The van der Waals surface area contributed by atoms with Gasteiger partial charge in [0.15, 0.2) is 35.0 Å². The first-order valence-electron chi connectivity index (χ1n) is 11.1. The largest absolute Gasteiger partial charge is 0.323 e. The van der Waals surface area contributed by atoms with E-state index in [1.165, 1.54) is 9.80 Å². The SMILES string of the molecule is CN1C(=O)N(C(C)(C)C)C2C1N=C(SSC1=NC3C(N(N=O)N1)N(C(C)(C)C)C(=O)N3C)NN2N=O. The zero-order valence-electron chi connectivity index (χ0n) is 21.2. The van der Waals surface area contributed by atoms with Gasteiger partial charge in [-0.05, 0) is 63.1 Å². The van der Waals surface area contributed by atoms with Crippen LogP contribution in [0.25, 0.3) is 0 Å². The monoisotopic (exact) mass is 542 g/mol. The number of carbonyl (C=O) groups excluding carboxylic acids is 2. The quantitative estimate of drug-likeness (QED) is 0.388. The fourth-order valence-electron chi connectivity index (χ4n) is 4.53. The summed E-state index contributed by atoms with van der Waals surface area (Å²) in [6.45, 7) is 11.2. The van der Waals surface area contributed by atoms with E-state index in [2.05, 4.69) is 31.4 Å². The molecule has 2 saturated heterocycles. The van der Waals surface area contributed by atoms with E-state index in [0.29, 0.717) is 10.3 Å². The number of hydrogen-bond donors (Lipinski definition) is 2. The first-order valence-corrected chi connectivity index (χ1v) is 13.3. The molecule has 4 rings (SSSR count). The van der Waals surface area contributed by atoms with Gasteiger partial charge in [-0.1, -0.05) is 0 Å². The van der Waals surface area contributed by atoms with E-state index in [0.717, 1.165) is 31.8 Å². The molecular weight excluding hydrogens is 512 g/mol. The van der Waals surface area contributed by atoms with Crippen molar-refractivity contribution in [3.8, 4) is 0 Å². The van der Waals surface area contributed by atoms with Gasteiger partial charge < -0.3 is 9.80 Å². The first-order chi connectivity index (χ1) is 16.7. The molecule has 0 aliphatic carbocycles. The van der Waals surface area contributed by atoms with Crippen LogP contribution in [0, 0.1) is 9.81 Å². The Morgan fingerprint density at radius 3 is 1.33 bits per heavy atom. The predicted octanol–water partition coefficient (Wildman–Crippen LogP) is 1.72. The number of rotatable bonds is 2. The van der Waals surface area contributed by atoms with Crippen LogP contribution < -0.4 is 10.9 Å². The van der Waals surface area contributed by atoms with Crippen LogP contribution in [0.2, 0.25) is 0 Å².